The summed E-state index contributed by atoms with van der Waals surface area (Å²) in [6.07, 6.45) is 0.704. The molecule has 0 saturated heterocycles. The highest BCUT2D eigenvalue weighted by Gasteiger charge is 2.08. The molecule has 0 aliphatic rings. The Morgan fingerprint density at radius 3 is 2.44 bits per heavy atom. The number of carbonyl (C=O) groups is 2. The molecule has 0 aliphatic heterocycles. The number of amides is 1. The van der Waals surface area contributed by atoms with Gasteiger partial charge >= 0.3 is 0 Å². The first kappa shape index (κ1) is 14.2. The van der Waals surface area contributed by atoms with Gasteiger partial charge in [0.1, 0.15) is 5.75 Å². The van der Waals surface area contributed by atoms with E-state index in [9.17, 15) is 9.59 Å². The summed E-state index contributed by atoms with van der Waals surface area (Å²) in [4.78, 5) is 21.9. The van der Waals surface area contributed by atoms with Gasteiger partial charge in [0.25, 0.3) is 5.91 Å². The van der Waals surface area contributed by atoms with Crippen LogP contribution >= 0.6 is 0 Å². The molecule has 1 N–H and O–H groups in total. The van der Waals surface area contributed by atoms with Crippen LogP contribution in [0.15, 0.2) is 12.1 Å². The van der Waals surface area contributed by atoms with Crippen molar-refractivity contribution in [1.82, 2.24) is 5.32 Å². The highest BCUT2D eigenvalue weighted by Crippen LogP contribution is 2.23. The van der Waals surface area contributed by atoms with Gasteiger partial charge in [-0.3, -0.25) is 9.59 Å². The van der Waals surface area contributed by atoms with E-state index >= 15 is 0 Å². The monoisotopic (exact) mass is 249 g/mol. The van der Waals surface area contributed by atoms with Crippen LogP contribution in [0.2, 0.25) is 0 Å². The topological polar surface area (TPSA) is 55.4 Å². The Bertz CT molecular complexity index is 466. The summed E-state index contributed by atoms with van der Waals surface area (Å²) in [6.45, 7) is 5.76. The molecule has 1 aromatic carbocycles. The van der Waals surface area contributed by atoms with E-state index in [1.807, 2.05) is 26.0 Å². The van der Waals surface area contributed by atoms with Crippen LogP contribution in [0.5, 0.6) is 5.75 Å². The van der Waals surface area contributed by atoms with Gasteiger partial charge in [0.2, 0.25) is 5.78 Å². The molecule has 0 heterocycles. The van der Waals surface area contributed by atoms with E-state index in [0.717, 1.165) is 22.4 Å². The molecule has 0 spiro atoms. The van der Waals surface area contributed by atoms with Crippen LogP contribution < -0.4 is 10.1 Å². The number of hydrogen-bond acceptors (Lipinski definition) is 3. The number of carbonyl (C=O) groups excluding carboxylic acids is 2. The standard InChI is InChI=1S/C14H19NO3/c1-9-10(2)13(18-4)6-5-12(9)7-8-15-14(17)11(3)16/h5-6H,7-8H2,1-4H3,(H,15,17). The van der Waals surface area contributed by atoms with Crippen molar-refractivity contribution in [2.45, 2.75) is 27.2 Å². The van der Waals surface area contributed by atoms with E-state index in [0.29, 0.717) is 13.0 Å². The Morgan fingerprint density at radius 2 is 1.89 bits per heavy atom. The van der Waals surface area contributed by atoms with E-state index in [4.69, 9.17) is 4.74 Å². The third kappa shape index (κ3) is 3.32. The van der Waals surface area contributed by atoms with Crippen molar-refractivity contribution < 1.29 is 14.3 Å². The molecule has 0 unspecified atom stereocenters. The minimum atomic E-state index is -0.530. The van der Waals surface area contributed by atoms with Crippen molar-refractivity contribution >= 4 is 11.7 Å². The van der Waals surface area contributed by atoms with Gasteiger partial charge in [-0.05, 0) is 43.0 Å². The average molecular weight is 249 g/mol. The molecule has 1 aromatic rings. The number of methoxy groups -OCH3 is 1. The molecular formula is C14H19NO3. The number of hydrogen-bond donors (Lipinski definition) is 1. The van der Waals surface area contributed by atoms with E-state index < -0.39 is 11.7 Å². The van der Waals surface area contributed by atoms with Gasteiger partial charge in [0.05, 0.1) is 7.11 Å². The fourth-order valence-corrected chi connectivity index (χ4v) is 1.78. The number of rotatable bonds is 5. The van der Waals surface area contributed by atoms with Crippen molar-refractivity contribution in [3.05, 3.63) is 28.8 Å². The predicted octanol–water partition coefficient (Wildman–Crippen LogP) is 1.56. The summed E-state index contributed by atoms with van der Waals surface area (Å²) in [6, 6.07) is 3.91. The van der Waals surface area contributed by atoms with Crippen LogP contribution in [0.25, 0.3) is 0 Å². The summed E-state index contributed by atoms with van der Waals surface area (Å²) in [5.41, 5.74) is 3.41. The smallest absolute Gasteiger partial charge is 0.287 e. The van der Waals surface area contributed by atoms with Gasteiger partial charge < -0.3 is 10.1 Å². The summed E-state index contributed by atoms with van der Waals surface area (Å²) in [7, 11) is 1.65. The maximum atomic E-state index is 11.1. The van der Waals surface area contributed by atoms with E-state index in [-0.39, 0.29) is 0 Å². The molecule has 1 rings (SSSR count). The van der Waals surface area contributed by atoms with Crippen LogP contribution in [0.1, 0.15) is 23.6 Å². The second-order valence-corrected chi connectivity index (χ2v) is 4.24. The second kappa shape index (κ2) is 6.19. The second-order valence-electron chi connectivity index (χ2n) is 4.24. The maximum absolute atomic E-state index is 11.1. The number of ether oxygens (including phenoxy) is 1. The van der Waals surface area contributed by atoms with Crippen molar-refractivity contribution in [1.29, 1.82) is 0 Å². The SMILES string of the molecule is COc1ccc(CCNC(=O)C(C)=O)c(C)c1C. The van der Waals surface area contributed by atoms with Crippen LogP contribution in [0.3, 0.4) is 0 Å². The normalized spacial score (nSPS) is 10.0. The Balaban J connectivity index is 2.66. The lowest BCUT2D eigenvalue weighted by Crippen LogP contribution is -2.30. The molecule has 4 nitrogen and oxygen atoms in total. The molecule has 98 valence electrons. The third-order valence-electron chi connectivity index (χ3n) is 3.07. The lowest BCUT2D eigenvalue weighted by Gasteiger charge is -2.12. The molecule has 0 bridgehead atoms. The zero-order chi connectivity index (χ0) is 13.7. The van der Waals surface area contributed by atoms with Crippen LogP contribution in [0.4, 0.5) is 0 Å². The Morgan fingerprint density at radius 1 is 1.22 bits per heavy atom. The molecule has 0 aromatic heterocycles. The van der Waals surface area contributed by atoms with Gasteiger partial charge in [0, 0.05) is 13.5 Å². The average Bonchev–Trinajstić information content (AvgIpc) is 2.34. The molecule has 0 atom stereocenters. The molecule has 18 heavy (non-hydrogen) atoms. The highest BCUT2D eigenvalue weighted by molar-refractivity contribution is 6.35. The predicted molar refractivity (Wildman–Crippen MR) is 69.9 cm³/mol. The first-order valence-corrected chi connectivity index (χ1v) is 5.89. The largest absolute Gasteiger partial charge is 0.496 e. The van der Waals surface area contributed by atoms with Crippen LogP contribution in [0, 0.1) is 13.8 Å². The van der Waals surface area contributed by atoms with Crippen molar-refractivity contribution in [3.8, 4) is 5.75 Å². The third-order valence-corrected chi connectivity index (χ3v) is 3.07. The number of nitrogens with one attached hydrogen (secondary N) is 1. The van der Waals surface area contributed by atoms with E-state index in [1.165, 1.54) is 6.92 Å². The highest BCUT2D eigenvalue weighted by atomic mass is 16.5. The first-order chi connectivity index (χ1) is 8.47. The van der Waals surface area contributed by atoms with Gasteiger partial charge in [-0.1, -0.05) is 6.07 Å². The van der Waals surface area contributed by atoms with E-state index in [1.54, 1.807) is 7.11 Å². The first-order valence-electron chi connectivity index (χ1n) is 5.89. The van der Waals surface area contributed by atoms with Gasteiger partial charge in [-0.2, -0.15) is 0 Å². The summed E-state index contributed by atoms with van der Waals surface area (Å²) < 4.78 is 5.24. The summed E-state index contributed by atoms with van der Waals surface area (Å²) >= 11 is 0. The Kier molecular flexibility index (Phi) is 4.89. The minimum Gasteiger partial charge on any atom is -0.496 e. The van der Waals surface area contributed by atoms with Crippen LogP contribution in [-0.4, -0.2) is 25.3 Å². The summed E-state index contributed by atoms with van der Waals surface area (Å²) in [5.74, 6) is -0.125. The minimum absolute atomic E-state index is 0.461. The number of benzene rings is 1. The van der Waals surface area contributed by atoms with Gasteiger partial charge in [-0.25, -0.2) is 0 Å². The number of ketones is 1. The Hall–Kier alpha value is -1.84. The zero-order valence-corrected chi connectivity index (χ0v) is 11.3. The zero-order valence-electron chi connectivity index (χ0n) is 11.3. The van der Waals surface area contributed by atoms with Crippen molar-refractivity contribution in [3.63, 3.8) is 0 Å². The molecule has 0 saturated carbocycles. The number of Topliss-reactive ketones (excluding diaryl/α,β-unsaturated/α-hetero) is 1. The molecular weight excluding hydrogens is 230 g/mol. The maximum Gasteiger partial charge on any atom is 0.287 e. The molecule has 0 fully saturated rings. The quantitative estimate of drug-likeness (QED) is 0.806. The molecule has 0 aliphatic carbocycles. The molecule has 4 heteroatoms. The molecule has 0 radical (unpaired) electrons. The van der Waals surface area contributed by atoms with E-state index in [2.05, 4.69) is 5.32 Å². The fraction of sp³-hybridized carbons (Fsp3) is 0.429. The lowest BCUT2D eigenvalue weighted by atomic mass is 10.00. The summed E-state index contributed by atoms with van der Waals surface area (Å²) in [5, 5.41) is 2.59. The fourth-order valence-electron chi connectivity index (χ4n) is 1.78. The van der Waals surface area contributed by atoms with Crippen molar-refractivity contribution in [2.75, 3.05) is 13.7 Å². The Labute approximate surface area is 107 Å². The van der Waals surface area contributed by atoms with Gasteiger partial charge in [-0.15, -0.1) is 0 Å². The molecule has 1 amide bonds. The lowest BCUT2D eigenvalue weighted by molar-refractivity contribution is -0.136. The van der Waals surface area contributed by atoms with Crippen molar-refractivity contribution in [2.24, 2.45) is 0 Å². The van der Waals surface area contributed by atoms with Gasteiger partial charge in [0.15, 0.2) is 0 Å². The van der Waals surface area contributed by atoms with Crippen LogP contribution in [-0.2, 0) is 16.0 Å².